The van der Waals surface area contributed by atoms with Gasteiger partial charge in [-0.2, -0.15) is 8.78 Å². The highest BCUT2D eigenvalue weighted by molar-refractivity contribution is 5.99. The van der Waals surface area contributed by atoms with Crippen LogP contribution in [0.2, 0.25) is 0 Å². The summed E-state index contributed by atoms with van der Waals surface area (Å²) in [6, 6.07) is 10.1. The van der Waals surface area contributed by atoms with Crippen molar-refractivity contribution in [2.45, 2.75) is 38.0 Å². The van der Waals surface area contributed by atoms with Gasteiger partial charge in [-0.15, -0.1) is 10.2 Å². The number of carbonyl (C=O) groups is 1. The van der Waals surface area contributed by atoms with Crippen LogP contribution in [0.1, 0.15) is 52.7 Å². The Balaban J connectivity index is 1.43. The number of benzene rings is 2. The first-order chi connectivity index (χ1) is 14.9. The number of hydrogen-bond donors (Lipinski definition) is 1. The summed E-state index contributed by atoms with van der Waals surface area (Å²) >= 11 is 0. The van der Waals surface area contributed by atoms with Crippen molar-refractivity contribution in [2.75, 3.05) is 0 Å². The highest BCUT2D eigenvalue weighted by atomic mass is 19.3. The maximum absolute atomic E-state index is 13.3. The molecule has 1 aromatic heterocycles. The maximum atomic E-state index is 13.3. The first kappa shape index (κ1) is 19.7. The Morgan fingerprint density at radius 2 is 1.84 bits per heavy atom. The van der Waals surface area contributed by atoms with Gasteiger partial charge < -0.3 is 14.4 Å². The number of fused-ring (bicyclic) bond motifs is 1. The molecule has 1 aliphatic carbocycles. The molecule has 1 saturated carbocycles. The van der Waals surface area contributed by atoms with Crippen LogP contribution in [-0.4, -0.2) is 32.2 Å². The van der Waals surface area contributed by atoms with Gasteiger partial charge in [0.25, 0.3) is 11.8 Å². The highest BCUT2D eigenvalue weighted by Gasteiger charge is 2.45. The van der Waals surface area contributed by atoms with E-state index < -0.39 is 30.3 Å². The number of aliphatic hydroxyl groups excluding tert-OH is 1. The zero-order valence-corrected chi connectivity index (χ0v) is 16.2. The fraction of sp³-hybridized carbons (Fsp3) is 0.318. The van der Waals surface area contributed by atoms with Crippen LogP contribution in [0.15, 0.2) is 46.9 Å². The standard InChI is InChI=1S/C22H18F3N3O3/c23-15-7-5-12(6-8-15)18(29)17(11-1-2-11)28-10-14-4-3-13(9-16(14)22(28)30)20-26-27-21(31-20)19(24)25/h3-9,11,17-19,29H,1-2,10H2/t17-,18+/m1/s1. The van der Waals surface area contributed by atoms with Crippen molar-refractivity contribution >= 4 is 5.91 Å². The van der Waals surface area contributed by atoms with Gasteiger partial charge in [-0.3, -0.25) is 4.79 Å². The smallest absolute Gasteiger partial charge is 0.314 e. The molecule has 2 atom stereocenters. The van der Waals surface area contributed by atoms with Gasteiger partial charge in [0.1, 0.15) is 5.82 Å². The lowest BCUT2D eigenvalue weighted by molar-refractivity contribution is 0.0292. The zero-order chi connectivity index (χ0) is 21.7. The molecule has 2 heterocycles. The van der Waals surface area contributed by atoms with E-state index in [1.807, 2.05) is 0 Å². The van der Waals surface area contributed by atoms with Crippen LogP contribution >= 0.6 is 0 Å². The number of amides is 1. The molecule has 0 unspecified atom stereocenters. The Hall–Kier alpha value is -3.20. The summed E-state index contributed by atoms with van der Waals surface area (Å²) in [5, 5.41) is 18.0. The number of halogens is 3. The molecule has 6 nitrogen and oxygen atoms in total. The summed E-state index contributed by atoms with van der Waals surface area (Å²) in [4.78, 5) is 14.9. The zero-order valence-electron chi connectivity index (χ0n) is 16.2. The lowest BCUT2D eigenvalue weighted by Gasteiger charge is -2.32. The summed E-state index contributed by atoms with van der Waals surface area (Å²) in [6.45, 7) is 0.319. The number of hydrogen-bond acceptors (Lipinski definition) is 5. The maximum Gasteiger partial charge on any atom is 0.314 e. The Bertz CT molecular complexity index is 1130. The van der Waals surface area contributed by atoms with E-state index in [0.717, 1.165) is 18.4 Å². The fourth-order valence-corrected chi connectivity index (χ4v) is 4.11. The van der Waals surface area contributed by atoms with Crippen LogP contribution in [0.3, 0.4) is 0 Å². The van der Waals surface area contributed by atoms with Crippen molar-refractivity contribution in [3.63, 3.8) is 0 Å². The fourth-order valence-electron chi connectivity index (χ4n) is 4.11. The van der Waals surface area contributed by atoms with Crippen LogP contribution in [-0.2, 0) is 6.54 Å². The molecule has 3 aromatic rings. The molecule has 5 rings (SSSR count). The van der Waals surface area contributed by atoms with Crippen molar-refractivity contribution in [1.82, 2.24) is 15.1 Å². The SMILES string of the molecule is O=C1c2cc(-c3nnc(C(F)F)o3)ccc2CN1[C@H](C1CC1)[C@@H](O)c1ccc(F)cc1. The minimum atomic E-state index is -2.87. The number of alkyl halides is 2. The molecule has 0 saturated heterocycles. The monoisotopic (exact) mass is 429 g/mol. The Morgan fingerprint density at radius 3 is 2.48 bits per heavy atom. The van der Waals surface area contributed by atoms with E-state index >= 15 is 0 Å². The third-order valence-electron chi connectivity index (χ3n) is 5.82. The lowest BCUT2D eigenvalue weighted by Crippen LogP contribution is -2.41. The van der Waals surface area contributed by atoms with Gasteiger partial charge in [0.05, 0.1) is 12.1 Å². The minimum Gasteiger partial charge on any atom is -0.415 e. The van der Waals surface area contributed by atoms with Gasteiger partial charge in [0.2, 0.25) is 5.89 Å². The third-order valence-corrected chi connectivity index (χ3v) is 5.82. The molecule has 1 aliphatic heterocycles. The van der Waals surface area contributed by atoms with Crippen molar-refractivity contribution < 1.29 is 27.5 Å². The molecule has 160 valence electrons. The second-order valence-electron chi connectivity index (χ2n) is 7.88. The van der Waals surface area contributed by atoms with Crippen LogP contribution in [0.25, 0.3) is 11.5 Å². The molecule has 31 heavy (non-hydrogen) atoms. The number of rotatable bonds is 6. The van der Waals surface area contributed by atoms with E-state index in [9.17, 15) is 23.1 Å². The molecule has 9 heteroatoms. The molecular formula is C22H18F3N3O3. The van der Waals surface area contributed by atoms with Gasteiger partial charge in [0.15, 0.2) is 0 Å². The summed E-state index contributed by atoms with van der Waals surface area (Å²) < 4.78 is 43.7. The number of nitrogens with zero attached hydrogens (tertiary/aromatic N) is 3. The summed E-state index contributed by atoms with van der Waals surface area (Å²) in [7, 11) is 0. The van der Waals surface area contributed by atoms with Gasteiger partial charge in [-0.1, -0.05) is 18.2 Å². The average molecular weight is 429 g/mol. The highest BCUT2D eigenvalue weighted by Crippen LogP contribution is 2.44. The predicted octanol–water partition coefficient (Wildman–Crippen LogP) is 4.28. The van der Waals surface area contributed by atoms with Crippen molar-refractivity contribution in [1.29, 1.82) is 0 Å². The molecule has 0 spiro atoms. The molecule has 2 aromatic carbocycles. The second kappa shape index (κ2) is 7.49. The Kier molecular flexibility index (Phi) is 4.77. The van der Waals surface area contributed by atoms with Gasteiger partial charge in [-0.05, 0) is 54.2 Å². The second-order valence-corrected chi connectivity index (χ2v) is 7.88. The van der Waals surface area contributed by atoms with Crippen LogP contribution in [0.4, 0.5) is 13.2 Å². The molecule has 0 radical (unpaired) electrons. The minimum absolute atomic E-state index is 0.0885. The number of aromatic nitrogens is 2. The number of carbonyl (C=O) groups excluding carboxylic acids is 1. The van der Waals surface area contributed by atoms with Crippen LogP contribution < -0.4 is 0 Å². The lowest BCUT2D eigenvalue weighted by atomic mass is 9.97. The van der Waals surface area contributed by atoms with E-state index in [0.29, 0.717) is 23.2 Å². The summed E-state index contributed by atoms with van der Waals surface area (Å²) in [5.41, 5.74) is 2.09. The average Bonchev–Trinajstić information content (AvgIpc) is 3.36. The largest absolute Gasteiger partial charge is 0.415 e. The normalized spacial score (nSPS) is 17.8. The topological polar surface area (TPSA) is 79.5 Å². The third kappa shape index (κ3) is 3.59. The van der Waals surface area contributed by atoms with E-state index in [1.54, 1.807) is 23.1 Å². The molecule has 1 amide bonds. The van der Waals surface area contributed by atoms with E-state index in [2.05, 4.69) is 10.2 Å². The number of aliphatic hydroxyl groups is 1. The quantitative estimate of drug-likeness (QED) is 0.633. The van der Waals surface area contributed by atoms with E-state index in [1.165, 1.54) is 24.3 Å². The van der Waals surface area contributed by atoms with Crippen molar-refractivity contribution in [3.05, 3.63) is 70.9 Å². The van der Waals surface area contributed by atoms with Crippen LogP contribution in [0.5, 0.6) is 0 Å². The first-order valence-electron chi connectivity index (χ1n) is 9.91. The van der Waals surface area contributed by atoms with Gasteiger partial charge in [0, 0.05) is 17.7 Å². The van der Waals surface area contributed by atoms with Crippen LogP contribution in [0, 0.1) is 11.7 Å². The van der Waals surface area contributed by atoms with Gasteiger partial charge in [-0.25, -0.2) is 4.39 Å². The molecular weight excluding hydrogens is 411 g/mol. The van der Waals surface area contributed by atoms with Crippen molar-refractivity contribution in [3.8, 4) is 11.5 Å². The molecule has 1 N–H and O–H groups in total. The Labute approximate surface area is 175 Å². The predicted molar refractivity (Wildman–Crippen MR) is 102 cm³/mol. The first-order valence-corrected chi connectivity index (χ1v) is 9.91. The molecule has 2 aliphatic rings. The van der Waals surface area contributed by atoms with E-state index in [-0.39, 0.29) is 17.7 Å². The van der Waals surface area contributed by atoms with Gasteiger partial charge >= 0.3 is 6.43 Å². The molecule has 0 bridgehead atoms. The van der Waals surface area contributed by atoms with Crippen molar-refractivity contribution in [2.24, 2.45) is 5.92 Å². The summed E-state index contributed by atoms with van der Waals surface area (Å²) in [5.74, 6) is -1.37. The Morgan fingerprint density at radius 1 is 1.10 bits per heavy atom. The molecule has 1 fully saturated rings. The summed E-state index contributed by atoms with van der Waals surface area (Å²) in [6.07, 6.45) is -2.03. The van der Waals surface area contributed by atoms with E-state index in [4.69, 9.17) is 4.42 Å².